The molecule has 0 bridgehead atoms. The lowest BCUT2D eigenvalue weighted by Crippen LogP contribution is -2.33. The number of nitrogens with zero attached hydrogens (tertiary/aromatic N) is 1. The fourth-order valence-electron chi connectivity index (χ4n) is 3.41. The highest BCUT2D eigenvalue weighted by atomic mass is 16.5. The SMILES string of the molecule is COc1ccc(C=Cc2ccc(N(C)C3CCCCC3)cc2)cc1. The second-order valence-corrected chi connectivity index (χ2v) is 6.60. The van der Waals surface area contributed by atoms with E-state index in [0.29, 0.717) is 6.04 Å². The van der Waals surface area contributed by atoms with Gasteiger partial charge in [0.25, 0.3) is 0 Å². The molecular weight excluding hydrogens is 294 g/mol. The molecule has 1 aliphatic rings. The standard InChI is InChI=1S/C22H27NO/c1-23(20-6-4-3-5-7-20)21-14-10-18(11-15-21)8-9-19-12-16-22(24-2)17-13-19/h8-17,20H,3-7H2,1-2H3. The van der Waals surface area contributed by atoms with Crippen molar-refractivity contribution in [1.82, 2.24) is 0 Å². The van der Waals surface area contributed by atoms with Gasteiger partial charge in [-0.3, -0.25) is 0 Å². The molecule has 0 N–H and O–H groups in total. The number of hydrogen-bond acceptors (Lipinski definition) is 2. The summed E-state index contributed by atoms with van der Waals surface area (Å²) in [6.45, 7) is 0. The van der Waals surface area contributed by atoms with Gasteiger partial charge in [-0.2, -0.15) is 0 Å². The van der Waals surface area contributed by atoms with Gasteiger partial charge >= 0.3 is 0 Å². The molecule has 3 rings (SSSR count). The molecule has 0 saturated heterocycles. The van der Waals surface area contributed by atoms with E-state index in [2.05, 4.69) is 60.5 Å². The average Bonchev–Trinajstić information content (AvgIpc) is 2.67. The Labute approximate surface area is 145 Å². The summed E-state index contributed by atoms with van der Waals surface area (Å²) in [5.74, 6) is 0.891. The summed E-state index contributed by atoms with van der Waals surface area (Å²) in [4.78, 5) is 2.45. The molecule has 2 aromatic carbocycles. The van der Waals surface area contributed by atoms with E-state index in [4.69, 9.17) is 4.74 Å². The monoisotopic (exact) mass is 321 g/mol. The van der Waals surface area contributed by atoms with Crippen LogP contribution in [0.1, 0.15) is 43.2 Å². The van der Waals surface area contributed by atoms with Crippen molar-refractivity contribution in [2.75, 3.05) is 19.1 Å². The number of benzene rings is 2. The molecule has 2 aromatic rings. The molecule has 0 unspecified atom stereocenters. The molecule has 0 amide bonds. The minimum atomic E-state index is 0.708. The zero-order valence-electron chi connectivity index (χ0n) is 14.7. The number of rotatable bonds is 5. The molecule has 1 saturated carbocycles. The van der Waals surface area contributed by atoms with Crippen LogP contribution >= 0.6 is 0 Å². The van der Waals surface area contributed by atoms with Crippen molar-refractivity contribution in [3.8, 4) is 5.75 Å². The Bertz CT molecular complexity index is 651. The van der Waals surface area contributed by atoms with Gasteiger partial charge in [-0.15, -0.1) is 0 Å². The van der Waals surface area contributed by atoms with Gasteiger partial charge in [0.2, 0.25) is 0 Å². The van der Waals surface area contributed by atoms with Crippen LogP contribution in [0.4, 0.5) is 5.69 Å². The molecule has 2 nitrogen and oxygen atoms in total. The summed E-state index contributed by atoms with van der Waals surface area (Å²) < 4.78 is 5.19. The maximum atomic E-state index is 5.19. The Morgan fingerprint density at radius 3 is 1.92 bits per heavy atom. The van der Waals surface area contributed by atoms with E-state index in [9.17, 15) is 0 Å². The molecule has 1 fully saturated rings. The molecule has 0 radical (unpaired) electrons. The summed E-state index contributed by atoms with van der Waals surface area (Å²) in [5, 5.41) is 0. The highest BCUT2D eigenvalue weighted by Gasteiger charge is 2.17. The summed E-state index contributed by atoms with van der Waals surface area (Å²) in [7, 11) is 3.93. The van der Waals surface area contributed by atoms with Gasteiger partial charge in [-0.05, 0) is 48.2 Å². The number of methoxy groups -OCH3 is 1. The largest absolute Gasteiger partial charge is 0.497 e. The molecule has 126 valence electrons. The van der Waals surface area contributed by atoms with Gasteiger partial charge in [0.15, 0.2) is 0 Å². The van der Waals surface area contributed by atoms with Crippen LogP contribution in [-0.2, 0) is 0 Å². The van der Waals surface area contributed by atoms with Crippen LogP contribution in [0.15, 0.2) is 48.5 Å². The second-order valence-electron chi connectivity index (χ2n) is 6.60. The second kappa shape index (κ2) is 8.05. The van der Waals surface area contributed by atoms with Crippen LogP contribution in [0.5, 0.6) is 5.75 Å². The van der Waals surface area contributed by atoms with Gasteiger partial charge in [-0.25, -0.2) is 0 Å². The van der Waals surface area contributed by atoms with Crippen LogP contribution in [0, 0.1) is 0 Å². The van der Waals surface area contributed by atoms with Gasteiger partial charge in [0.1, 0.15) is 5.75 Å². The van der Waals surface area contributed by atoms with Crippen molar-refractivity contribution in [3.63, 3.8) is 0 Å². The van der Waals surface area contributed by atoms with E-state index in [1.165, 1.54) is 48.9 Å². The zero-order chi connectivity index (χ0) is 16.8. The predicted octanol–water partition coefficient (Wildman–Crippen LogP) is 5.63. The Morgan fingerprint density at radius 1 is 0.833 bits per heavy atom. The molecule has 1 aliphatic carbocycles. The minimum absolute atomic E-state index is 0.708. The van der Waals surface area contributed by atoms with Crippen LogP contribution in [0.2, 0.25) is 0 Å². The average molecular weight is 321 g/mol. The first-order valence-electron chi connectivity index (χ1n) is 8.91. The fourth-order valence-corrected chi connectivity index (χ4v) is 3.41. The fraction of sp³-hybridized carbons (Fsp3) is 0.364. The molecule has 0 aromatic heterocycles. The maximum Gasteiger partial charge on any atom is 0.118 e. The van der Waals surface area contributed by atoms with Gasteiger partial charge < -0.3 is 9.64 Å². The topological polar surface area (TPSA) is 12.5 Å². The van der Waals surface area contributed by atoms with Crippen molar-refractivity contribution in [1.29, 1.82) is 0 Å². The smallest absolute Gasteiger partial charge is 0.118 e. The molecule has 24 heavy (non-hydrogen) atoms. The van der Waals surface area contributed by atoms with Crippen molar-refractivity contribution in [2.45, 2.75) is 38.1 Å². The van der Waals surface area contributed by atoms with Crippen molar-refractivity contribution in [3.05, 3.63) is 59.7 Å². The molecule has 0 aliphatic heterocycles. The Hall–Kier alpha value is -2.22. The van der Waals surface area contributed by atoms with E-state index in [1.807, 2.05) is 12.1 Å². The van der Waals surface area contributed by atoms with Crippen molar-refractivity contribution in [2.24, 2.45) is 0 Å². The van der Waals surface area contributed by atoms with E-state index in [-0.39, 0.29) is 0 Å². The van der Waals surface area contributed by atoms with E-state index in [0.717, 1.165) is 5.75 Å². The van der Waals surface area contributed by atoms with Crippen LogP contribution in [0.3, 0.4) is 0 Å². The van der Waals surface area contributed by atoms with Gasteiger partial charge in [0.05, 0.1) is 7.11 Å². The number of anilines is 1. The first-order valence-corrected chi connectivity index (χ1v) is 8.91. The molecular formula is C22H27NO. The van der Waals surface area contributed by atoms with E-state index < -0.39 is 0 Å². The van der Waals surface area contributed by atoms with Crippen LogP contribution in [-0.4, -0.2) is 20.2 Å². The first kappa shape index (κ1) is 16.6. The predicted molar refractivity (Wildman–Crippen MR) is 104 cm³/mol. The Balaban J connectivity index is 1.63. The normalized spacial score (nSPS) is 15.6. The minimum Gasteiger partial charge on any atom is -0.497 e. The Morgan fingerprint density at radius 2 is 1.38 bits per heavy atom. The maximum absolute atomic E-state index is 5.19. The summed E-state index contributed by atoms with van der Waals surface area (Å²) in [6.07, 6.45) is 11.1. The lowest BCUT2D eigenvalue weighted by atomic mass is 9.94. The number of ether oxygens (including phenoxy) is 1. The summed E-state index contributed by atoms with van der Waals surface area (Å²) in [5.41, 5.74) is 3.73. The van der Waals surface area contributed by atoms with Crippen LogP contribution < -0.4 is 9.64 Å². The van der Waals surface area contributed by atoms with Gasteiger partial charge in [0, 0.05) is 18.8 Å². The van der Waals surface area contributed by atoms with Gasteiger partial charge in [-0.1, -0.05) is 55.7 Å². The number of hydrogen-bond donors (Lipinski definition) is 0. The molecule has 0 atom stereocenters. The summed E-state index contributed by atoms with van der Waals surface area (Å²) >= 11 is 0. The van der Waals surface area contributed by atoms with E-state index in [1.54, 1.807) is 7.11 Å². The lowest BCUT2D eigenvalue weighted by molar-refractivity contribution is 0.415. The van der Waals surface area contributed by atoms with Crippen molar-refractivity contribution >= 4 is 17.8 Å². The summed E-state index contributed by atoms with van der Waals surface area (Å²) in [6, 6.07) is 17.7. The molecule has 0 heterocycles. The van der Waals surface area contributed by atoms with Crippen LogP contribution in [0.25, 0.3) is 12.2 Å². The zero-order valence-corrected chi connectivity index (χ0v) is 14.7. The highest BCUT2D eigenvalue weighted by molar-refractivity contribution is 5.70. The van der Waals surface area contributed by atoms with E-state index >= 15 is 0 Å². The third kappa shape index (κ3) is 4.19. The molecule has 0 spiro atoms. The van der Waals surface area contributed by atoms with Crippen molar-refractivity contribution < 1.29 is 4.74 Å². The first-order chi connectivity index (χ1) is 11.8. The molecule has 2 heteroatoms. The quantitative estimate of drug-likeness (QED) is 0.661. The third-order valence-electron chi connectivity index (χ3n) is 5.01. The third-order valence-corrected chi connectivity index (χ3v) is 5.01. The lowest BCUT2D eigenvalue weighted by Gasteiger charge is -2.33. The Kier molecular flexibility index (Phi) is 5.58. The highest BCUT2D eigenvalue weighted by Crippen LogP contribution is 2.26.